The molecule has 184 valence electrons. The average Bonchev–Trinajstić information content (AvgIpc) is 2.80. The van der Waals surface area contributed by atoms with Gasteiger partial charge in [0.2, 0.25) is 5.91 Å². The number of para-hydroxylation sites is 1. The minimum absolute atomic E-state index is 0.0886. The smallest absolute Gasteiger partial charge is 0.336 e. The Balaban J connectivity index is 1.85. The molecule has 0 atom stereocenters. The van der Waals surface area contributed by atoms with Crippen LogP contribution in [-0.2, 0) is 16.8 Å². The van der Waals surface area contributed by atoms with Crippen molar-refractivity contribution in [3.05, 3.63) is 57.8 Å². The number of fused-ring (bicyclic) bond motifs is 1. The highest BCUT2D eigenvalue weighted by Crippen LogP contribution is 2.24. The Kier molecular flexibility index (Phi) is 8.25. The van der Waals surface area contributed by atoms with Gasteiger partial charge >= 0.3 is 5.69 Å². The van der Waals surface area contributed by atoms with Crippen LogP contribution in [0.25, 0.3) is 0 Å². The zero-order chi connectivity index (χ0) is 24.9. The zero-order valence-corrected chi connectivity index (χ0v) is 21.0. The van der Waals surface area contributed by atoms with E-state index in [0.29, 0.717) is 51.3 Å². The van der Waals surface area contributed by atoms with E-state index < -0.39 is 5.69 Å². The van der Waals surface area contributed by atoms with Crippen molar-refractivity contribution in [1.82, 2.24) is 20.2 Å². The van der Waals surface area contributed by atoms with Gasteiger partial charge in [-0.15, -0.1) is 0 Å². The SMILES string of the molecule is CC(C)CC(=O)N1CCCN(C(=O)c2cc(C(C)(C)C)[nH]c(=O)n2)CCNCc2ccccc21. The lowest BCUT2D eigenvalue weighted by Gasteiger charge is -2.27. The third-order valence-electron chi connectivity index (χ3n) is 5.91. The van der Waals surface area contributed by atoms with E-state index in [9.17, 15) is 14.4 Å². The monoisotopic (exact) mass is 467 g/mol. The first kappa shape index (κ1) is 25.6. The number of aromatic amines is 1. The maximum Gasteiger partial charge on any atom is 0.345 e. The molecule has 34 heavy (non-hydrogen) atoms. The Morgan fingerprint density at radius 1 is 1.12 bits per heavy atom. The minimum Gasteiger partial charge on any atom is -0.336 e. The number of nitrogens with zero attached hydrogens (tertiary/aromatic N) is 3. The van der Waals surface area contributed by atoms with Crippen molar-refractivity contribution in [3.63, 3.8) is 0 Å². The van der Waals surface area contributed by atoms with Crippen LogP contribution in [0, 0.1) is 5.92 Å². The van der Waals surface area contributed by atoms with Crippen LogP contribution in [0.3, 0.4) is 0 Å². The van der Waals surface area contributed by atoms with Crippen LogP contribution in [0.2, 0.25) is 0 Å². The van der Waals surface area contributed by atoms with Gasteiger partial charge in [-0.3, -0.25) is 9.59 Å². The summed E-state index contributed by atoms with van der Waals surface area (Å²) in [6.07, 6.45) is 1.09. The molecule has 2 heterocycles. The molecule has 1 aromatic carbocycles. The summed E-state index contributed by atoms with van der Waals surface area (Å²) in [5, 5.41) is 3.40. The van der Waals surface area contributed by atoms with Crippen molar-refractivity contribution in [2.24, 2.45) is 5.92 Å². The van der Waals surface area contributed by atoms with Gasteiger partial charge in [0, 0.05) is 55.9 Å². The number of carbonyl (C=O) groups is 2. The van der Waals surface area contributed by atoms with E-state index in [0.717, 1.165) is 11.3 Å². The lowest BCUT2D eigenvalue weighted by atomic mass is 9.91. The van der Waals surface area contributed by atoms with Gasteiger partial charge in [0.1, 0.15) is 5.69 Å². The van der Waals surface area contributed by atoms with Crippen molar-refractivity contribution >= 4 is 17.5 Å². The van der Waals surface area contributed by atoms with E-state index in [1.54, 1.807) is 11.0 Å². The highest BCUT2D eigenvalue weighted by Gasteiger charge is 2.24. The number of H-pyrrole nitrogens is 1. The molecule has 0 saturated heterocycles. The Morgan fingerprint density at radius 3 is 2.56 bits per heavy atom. The second-order valence-electron chi connectivity index (χ2n) is 10.3. The van der Waals surface area contributed by atoms with Crippen LogP contribution >= 0.6 is 0 Å². The Labute approximate surface area is 201 Å². The molecule has 0 unspecified atom stereocenters. The maximum atomic E-state index is 13.4. The van der Waals surface area contributed by atoms with Crippen LogP contribution in [-0.4, -0.2) is 52.9 Å². The van der Waals surface area contributed by atoms with E-state index in [2.05, 4.69) is 15.3 Å². The topological polar surface area (TPSA) is 98.4 Å². The molecule has 2 aromatic rings. The predicted octanol–water partition coefficient (Wildman–Crippen LogP) is 3.08. The summed E-state index contributed by atoms with van der Waals surface area (Å²) in [6.45, 7) is 12.7. The fourth-order valence-electron chi connectivity index (χ4n) is 4.07. The molecule has 8 nitrogen and oxygen atoms in total. The molecular formula is C26H37N5O3. The van der Waals surface area contributed by atoms with Gasteiger partial charge in [-0.25, -0.2) is 4.79 Å². The zero-order valence-electron chi connectivity index (χ0n) is 21.0. The molecule has 0 bridgehead atoms. The summed E-state index contributed by atoms with van der Waals surface area (Å²) >= 11 is 0. The van der Waals surface area contributed by atoms with Gasteiger partial charge in [0.15, 0.2) is 0 Å². The molecule has 0 spiro atoms. The highest BCUT2D eigenvalue weighted by molar-refractivity contribution is 5.94. The van der Waals surface area contributed by atoms with Gasteiger partial charge in [-0.1, -0.05) is 52.8 Å². The fraction of sp³-hybridized carbons (Fsp3) is 0.538. The van der Waals surface area contributed by atoms with Crippen molar-refractivity contribution in [3.8, 4) is 0 Å². The van der Waals surface area contributed by atoms with E-state index in [-0.39, 0.29) is 28.8 Å². The van der Waals surface area contributed by atoms with Crippen molar-refractivity contribution in [2.75, 3.05) is 31.1 Å². The number of nitrogens with one attached hydrogen (secondary N) is 2. The molecule has 8 heteroatoms. The molecule has 0 saturated carbocycles. The standard InChI is InChI=1S/C26H37N5O3/c1-18(2)15-23(32)31-13-8-12-30(14-11-27-17-19-9-6-7-10-21(19)31)24(33)20-16-22(26(3,4)5)29-25(34)28-20/h6-7,9-10,16,18,27H,8,11-15,17H2,1-5H3,(H,28,29,34). The molecule has 3 rings (SSSR count). The van der Waals surface area contributed by atoms with Gasteiger partial charge in [-0.05, 0) is 30.0 Å². The number of aromatic nitrogens is 2. The van der Waals surface area contributed by atoms with Crippen LogP contribution in [0.1, 0.15) is 69.2 Å². The minimum atomic E-state index is -0.521. The van der Waals surface area contributed by atoms with Crippen LogP contribution < -0.4 is 15.9 Å². The summed E-state index contributed by atoms with van der Waals surface area (Å²) in [6, 6.07) is 9.63. The fourth-order valence-corrected chi connectivity index (χ4v) is 4.07. The average molecular weight is 468 g/mol. The first-order valence-electron chi connectivity index (χ1n) is 12.1. The van der Waals surface area contributed by atoms with Gasteiger partial charge in [0.25, 0.3) is 5.91 Å². The first-order chi connectivity index (χ1) is 16.1. The molecule has 0 aliphatic carbocycles. The number of hydrogen-bond donors (Lipinski definition) is 2. The summed E-state index contributed by atoms with van der Waals surface area (Å²) in [7, 11) is 0. The van der Waals surface area contributed by atoms with Crippen molar-refractivity contribution in [2.45, 2.75) is 59.4 Å². The summed E-state index contributed by atoms with van der Waals surface area (Å²) in [5.41, 5.74) is 1.97. The summed E-state index contributed by atoms with van der Waals surface area (Å²) in [4.78, 5) is 48.9. The maximum absolute atomic E-state index is 13.4. The lowest BCUT2D eigenvalue weighted by Crippen LogP contribution is -2.40. The van der Waals surface area contributed by atoms with Crippen LogP contribution in [0.15, 0.2) is 35.1 Å². The molecule has 2 N–H and O–H groups in total. The number of anilines is 1. The predicted molar refractivity (Wildman–Crippen MR) is 134 cm³/mol. The Hall–Kier alpha value is -3.00. The van der Waals surface area contributed by atoms with Crippen molar-refractivity contribution in [1.29, 1.82) is 0 Å². The quantitative estimate of drug-likeness (QED) is 0.723. The van der Waals surface area contributed by atoms with Gasteiger partial charge in [0.05, 0.1) is 0 Å². The third kappa shape index (κ3) is 6.53. The van der Waals surface area contributed by atoms with Gasteiger partial charge in [-0.2, -0.15) is 4.98 Å². The normalized spacial score (nSPS) is 15.6. The molecule has 1 aliphatic rings. The van der Waals surface area contributed by atoms with Crippen LogP contribution in [0.4, 0.5) is 5.69 Å². The van der Waals surface area contributed by atoms with E-state index >= 15 is 0 Å². The molecular weight excluding hydrogens is 430 g/mol. The number of benzene rings is 1. The second kappa shape index (κ2) is 11.0. The number of carbonyl (C=O) groups excluding carboxylic acids is 2. The van der Waals surface area contributed by atoms with Gasteiger partial charge < -0.3 is 20.1 Å². The van der Waals surface area contributed by atoms with E-state index in [1.165, 1.54) is 0 Å². The summed E-state index contributed by atoms with van der Waals surface area (Å²) < 4.78 is 0. The second-order valence-corrected chi connectivity index (χ2v) is 10.3. The number of rotatable bonds is 3. The first-order valence-corrected chi connectivity index (χ1v) is 12.1. The third-order valence-corrected chi connectivity index (χ3v) is 5.91. The van der Waals surface area contributed by atoms with Crippen LogP contribution in [0.5, 0.6) is 0 Å². The van der Waals surface area contributed by atoms with E-state index in [4.69, 9.17) is 0 Å². The molecule has 1 aliphatic heterocycles. The molecule has 1 aromatic heterocycles. The molecule has 0 radical (unpaired) electrons. The largest absolute Gasteiger partial charge is 0.345 e. The molecule has 0 fully saturated rings. The molecule has 2 amide bonds. The number of amides is 2. The Morgan fingerprint density at radius 2 is 1.85 bits per heavy atom. The summed E-state index contributed by atoms with van der Waals surface area (Å²) in [5.74, 6) is 0.0779. The Bertz CT molecular complexity index is 1070. The van der Waals surface area contributed by atoms with Crippen molar-refractivity contribution < 1.29 is 9.59 Å². The number of hydrogen-bond acceptors (Lipinski definition) is 5. The lowest BCUT2D eigenvalue weighted by molar-refractivity contribution is -0.119. The van der Waals surface area contributed by atoms with E-state index in [1.807, 2.05) is 63.8 Å². The highest BCUT2D eigenvalue weighted by atomic mass is 16.2.